The molecular weight excluding hydrogens is 300 g/mol. The average molecular weight is 320 g/mol. The van der Waals surface area contributed by atoms with Gasteiger partial charge in [-0.1, -0.05) is 19.1 Å². The zero-order chi connectivity index (χ0) is 16.8. The largest absolute Gasteiger partial charge is 0.391 e. The number of fused-ring (bicyclic) bond motifs is 3. The van der Waals surface area contributed by atoms with Crippen molar-refractivity contribution in [1.29, 1.82) is 5.26 Å². The maximum atomic E-state index is 10.3. The Kier molecular flexibility index (Phi) is 3.43. The fraction of sp³-hybridized carbons (Fsp3) is 0.368. The third kappa shape index (κ3) is 2.15. The van der Waals surface area contributed by atoms with Gasteiger partial charge >= 0.3 is 0 Å². The first kappa shape index (κ1) is 15.0. The van der Waals surface area contributed by atoms with Crippen LogP contribution in [0.25, 0.3) is 16.7 Å². The molecule has 5 heteroatoms. The molecule has 2 atom stereocenters. The number of benzene rings is 1. The highest BCUT2D eigenvalue weighted by Gasteiger charge is 2.27. The van der Waals surface area contributed by atoms with Gasteiger partial charge in [0.1, 0.15) is 11.9 Å². The third-order valence-electron chi connectivity index (χ3n) is 5.11. The lowest BCUT2D eigenvalue weighted by Gasteiger charge is -2.36. The van der Waals surface area contributed by atoms with E-state index in [1.54, 1.807) is 0 Å². The fourth-order valence-electron chi connectivity index (χ4n) is 3.56. The van der Waals surface area contributed by atoms with E-state index < -0.39 is 0 Å². The number of aryl methyl sites for hydroxylation is 1. The number of hydrogen-bond donors (Lipinski definition) is 1. The predicted octanol–water partition coefficient (Wildman–Crippen LogP) is 2.87. The molecule has 0 aliphatic carbocycles. The molecule has 24 heavy (non-hydrogen) atoms. The molecule has 122 valence electrons. The van der Waals surface area contributed by atoms with Crippen LogP contribution in [0.1, 0.15) is 24.5 Å². The summed E-state index contributed by atoms with van der Waals surface area (Å²) in [6, 6.07) is 12.3. The van der Waals surface area contributed by atoms with E-state index in [1.807, 2.05) is 37.3 Å². The van der Waals surface area contributed by atoms with Gasteiger partial charge in [-0.3, -0.25) is 4.40 Å². The van der Waals surface area contributed by atoms with E-state index in [2.05, 4.69) is 27.3 Å². The lowest BCUT2D eigenvalue weighted by molar-refractivity contribution is 0.102. The van der Waals surface area contributed by atoms with Gasteiger partial charge in [0.2, 0.25) is 0 Å². The molecule has 2 aromatic heterocycles. The van der Waals surface area contributed by atoms with E-state index in [1.165, 1.54) is 0 Å². The van der Waals surface area contributed by atoms with Crippen LogP contribution >= 0.6 is 0 Å². The summed E-state index contributed by atoms with van der Waals surface area (Å²) in [5.41, 5.74) is 4.10. The Hall–Kier alpha value is -2.58. The van der Waals surface area contributed by atoms with Gasteiger partial charge < -0.3 is 10.0 Å². The number of aliphatic hydroxyl groups is 1. The minimum Gasteiger partial charge on any atom is -0.391 e. The van der Waals surface area contributed by atoms with Gasteiger partial charge in [0.15, 0.2) is 5.65 Å². The number of β-amino-alcohol motifs (C(OH)–C–C–N with tert-alkyl or cyclic N) is 1. The Bertz CT molecular complexity index is 969. The van der Waals surface area contributed by atoms with Crippen molar-refractivity contribution in [3.05, 3.63) is 41.5 Å². The molecule has 0 amide bonds. The van der Waals surface area contributed by atoms with Crippen molar-refractivity contribution in [3.8, 4) is 6.07 Å². The van der Waals surface area contributed by atoms with E-state index in [9.17, 15) is 10.4 Å². The molecule has 1 N–H and O–H groups in total. The van der Waals surface area contributed by atoms with Crippen molar-refractivity contribution in [2.75, 3.05) is 18.0 Å². The van der Waals surface area contributed by atoms with E-state index in [-0.39, 0.29) is 6.10 Å². The molecule has 0 radical (unpaired) electrons. The van der Waals surface area contributed by atoms with E-state index in [0.717, 1.165) is 35.4 Å². The van der Waals surface area contributed by atoms with Crippen molar-refractivity contribution < 1.29 is 5.11 Å². The van der Waals surface area contributed by atoms with E-state index in [0.29, 0.717) is 23.7 Å². The first-order valence-corrected chi connectivity index (χ1v) is 8.34. The molecule has 4 rings (SSSR count). The Morgan fingerprint density at radius 3 is 2.88 bits per heavy atom. The van der Waals surface area contributed by atoms with Crippen molar-refractivity contribution in [2.24, 2.45) is 5.92 Å². The van der Waals surface area contributed by atoms with Gasteiger partial charge in [0.05, 0.1) is 22.7 Å². The molecule has 1 aromatic carbocycles. The van der Waals surface area contributed by atoms with Crippen molar-refractivity contribution in [1.82, 2.24) is 9.38 Å². The average Bonchev–Trinajstić information content (AvgIpc) is 2.96. The lowest BCUT2D eigenvalue weighted by atomic mass is 9.96. The monoisotopic (exact) mass is 320 g/mol. The maximum absolute atomic E-state index is 10.3. The molecule has 1 fully saturated rings. The number of imidazole rings is 1. The second kappa shape index (κ2) is 5.50. The van der Waals surface area contributed by atoms with Crippen LogP contribution in [0.3, 0.4) is 0 Å². The topological polar surface area (TPSA) is 64.6 Å². The molecule has 1 aliphatic rings. The first-order valence-electron chi connectivity index (χ1n) is 8.34. The Morgan fingerprint density at radius 1 is 1.33 bits per heavy atom. The fourth-order valence-corrected chi connectivity index (χ4v) is 3.56. The number of aromatic nitrogens is 2. The van der Waals surface area contributed by atoms with Crippen molar-refractivity contribution in [2.45, 2.75) is 26.4 Å². The molecule has 2 unspecified atom stereocenters. The molecule has 3 aromatic rings. The van der Waals surface area contributed by atoms with Gasteiger partial charge in [-0.15, -0.1) is 0 Å². The van der Waals surface area contributed by atoms with E-state index in [4.69, 9.17) is 0 Å². The zero-order valence-corrected chi connectivity index (χ0v) is 13.9. The Morgan fingerprint density at radius 2 is 2.12 bits per heavy atom. The van der Waals surface area contributed by atoms with Gasteiger partial charge in [0.25, 0.3) is 0 Å². The SMILES string of the molecule is Cc1cc(N2CCC(C)C(O)C2)n2c(nc3ccccc32)c1C#N. The van der Waals surface area contributed by atoms with Crippen LogP contribution in [0.15, 0.2) is 30.3 Å². The summed E-state index contributed by atoms with van der Waals surface area (Å²) < 4.78 is 2.06. The number of para-hydroxylation sites is 2. The highest BCUT2D eigenvalue weighted by atomic mass is 16.3. The van der Waals surface area contributed by atoms with Gasteiger partial charge in [-0.2, -0.15) is 5.26 Å². The number of hydrogen-bond acceptors (Lipinski definition) is 4. The summed E-state index contributed by atoms with van der Waals surface area (Å²) in [7, 11) is 0. The summed E-state index contributed by atoms with van der Waals surface area (Å²) >= 11 is 0. The van der Waals surface area contributed by atoms with Gasteiger partial charge in [0, 0.05) is 13.1 Å². The van der Waals surface area contributed by atoms with Crippen molar-refractivity contribution >= 4 is 22.5 Å². The molecule has 1 aliphatic heterocycles. The van der Waals surface area contributed by atoms with Crippen LogP contribution < -0.4 is 4.90 Å². The second-order valence-corrected chi connectivity index (χ2v) is 6.71. The third-order valence-corrected chi connectivity index (χ3v) is 5.11. The van der Waals surface area contributed by atoms with Crippen LogP contribution in [0.2, 0.25) is 0 Å². The first-order chi connectivity index (χ1) is 11.6. The molecule has 0 spiro atoms. The number of rotatable bonds is 1. The van der Waals surface area contributed by atoms with Crippen molar-refractivity contribution in [3.63, 3.8) is 0 Å². The van der Waals surface area contributed by atoms with Crippen LogP contribution in [0.4, 0.5) is 5.82 Å². The van der Waals surface area contributed by atoms with E-state index >= 15 is 0 Å². The minimum atomic E-state index is -0.334. The highest BCUT2D eigenvalue weighted by Crippen LogP contribution is 2.31. The summed E-state index contributed by atoms with van der Waals surface area (Å²) in [6.07, 6.45) is 0.619. The molecule has 0 saturated carbocycles. The molecular formula is C19H20N4O. The number of aliphatic hydroxyl groups excluding tert-OH is 1. The number of anilines is 1. The van der Waals surface area contributed by atoms with Crippen LogP contribution in [0.5, 0.6) is 0 Å². The summed E-state index contributed by atoms with van der Waals surface area (Å²) in [5, 5.41) is 19.9. The number of piperidine rings is 1. The normalized spacial score (nSPS) is 21.3. The number of nitrogens with zero attached hydrogens (tertiary/aromatic N) is 4. The van der Waals surface area contributed by atoms with Gasteiger partial charge in [-0.05, 0) is 43.0 Å². The van der Waals surface area contributed by atoms with Crippen LogP contribution in [0, 0.1) is 24.2 Å². The highest BCUT2D eigenvalue weighted by molar-refractivity contribution is 5.85. The maximum Gasteiger partial charge on any atom is 0.157 e. The zero-order valence-electron chi connectivity index (χ0n) is 13.9. The quantitative estimate of drug-likeness (QED) is 0.749. The molecule has 0 bridgehead atoms. The standard InChI is InChI=1S/C19H20N4O/c1-12-7-8-22(11-17(12)24)18-9-13(2)14(10-20)19-21-15-5-3-4-6-16(15)23(18)19/h3-6,9,12,17,24H,7-8,11H2,1-2H3. The number of nitriles is 1. The van der Waals surface area contributed by atoms with Crippen LogP contribution in [-0.4, -0.2) is 33.7 Å². The second-order valence-electron chi connectivity index (χ2n) is 6.71. The summed E-state index contributed by atoms with van der Waals surface area (Å²) in [5.74, 6) is 1.32. The predicted molar refractivity (Wildman–Crippen MR) is 94.2 cm³/mol. The molecule has 5 nitrogen and oxygen atoms in total. The Labute approximate surface area is 140 Å². The number of pyridine rings is 1. The minimum absolute atomic E-state index is 0.316. The smallest absolute Gasteiger partial charge is 0.157 e. The Balaban J connectivity index is 2.00. The summed E-state index contributed by atoms with van der Waals surface area (Å²) in [6.45, 7) is 5.54. The molecule has 3 heterocycles. The van der Waals surface area contributed by atoms with Crippen LogP contribution in [-0.2, 0) is 0 Å². The lowest BCUT2D eigenvalue weighted by Crippen LogP contribution is -2.43. The summed E-state index contributed by atoms with van der Waals surface area (Å²) in [4.78, 5) is 6.90. The van der Waals surface area contributed by atoms with Gasteiger partial charge in [-0.25, -0.2) is 4.98 Å². The molecule has 1 saturated heterocycles.